The minimum atomic E-state index is -4.44. The first-order valence-corrected chi connectivity index (χ1v) is 4.48. The Morgan fingerprint density at radius 3 is 2.13 bits per heavy atom. The molecule has 0 radical (unpaired) electrons. The van der Waals surface area contributed by atoms with Crippen LogP contribution in [0.3, 0.4) is 0 Å². The topological polar surface area (TPSA) is 51.8 Å². The quantitative estimate of drug-likeness (QED) is 0.827. The van der Waals surface area contributed by atoms with Gasteiger partial charge >= 0.3 is 6.18 Å². The van der Waals surface area contributed by atoms with Crippen molar-refractivity contribution in [2.24, 2.45) is 5.73 Å². The zero-order chi connectivity index (χ0) is 11.6. The highest BCUT2D eigenvalue weighted by Crippen LogP contribution is 2.27. The van der Waals surface area contributed by atoms with Crippen molar-refractivity contribution < 1.29 is 13.2 Å². The second-order valence-corrected chi connectivity index (χ2v) is 3.49. The summed E-state index contributed by atoms with van der Waals surface area (Å²) in [6.45, 7) is 3.56. The first kappa shape index (κ1) is 11.9. The van der Waals surface area contributed by atoms with E-state index in [9.17, 15) is 13.2 Å². The maximum absolute atomic E-state index is 12.2. The van der Waals surface area contributed by atoms with Crippen LogP contribution in [0.15, 0.2) is 12.1 Å². The normalized spacial score (nSPS) is 16.1. The summed E-state index contributed by atoms with van der Waals surface area (Å²) in [5.74, 6) is -0.111. The average molecular weight is 219 g/mol. The molecule has 0 saturated heterocycles. The molecule has 1 aromatic rings. The van der Waals surface area contributed by atoms with Crippen molar-refractivity contribution in [1.82, 2.24) is 10.2 Å². The summed E-state index contributed by atoms with van der Waals surface area (Å²) in [6.07, 6.45) is -4.44. The number of nitrogens with zero attached hydrogens (tertiary/aromatic N) is 2. The number of hydrogen-bond acceptors (Lipinski definition) is 3. The molecule has 3 nitrogen and oxygen atoms in total. The maximum atomic E-state index is 12.2. The van der Waals surface area contributed by atoms with Gasteiger partial charge in [-0.1, -0.05) is 6.92 Å². The van der Waals surface area contributed by atoms with Crippen LogP contribution in [0, 0.1) is 0 Å². The second kappa shape index (κ2) is 4.14. The van der Waals surface area contributed by atoms with E-state index in [0.717, 1.165) is 6.07 Å². The lowest BCUT2D eigenvalue weighted by Crippen LogP contribution is -2.23. The van der Waals surface area contributed by atoms with E-state index in [4.69, 9.17) is 5.73 Å². The highest BCUT2D eigenvalue weighted by molar-refractivity contribution is 5.13. The van der Waals surface area contributed by atoms with Crippen molar-refractivity contribution in [3.63, 3.8) is 0 Å². The Kier molecular flexibility index (Phi) is 3.28. The Morgan fingerprint density at radius 2 is 1.80 bits per heavy atom. The van der Waals surface area contributed by atoms with Crippen LogP contribution < -0.4 is 5.73 Å². The van der Waals surface area contributed by atoms with Gasteiger partial charge in [0.25, 0.3) is 0 Å². The van der Waals surface area contributed by atoms with Gasteiger partial charge in [0.05, 0.1) is 5.69 Å². The van der Waals surface area contributed by atoms with Gasteiger partial charge in [-0.2, -0.15) is 18.3 Å². The van der Waals surface area contributed by atoms with Crippen molar-refractivity contribution in [1.29, 1.82) is 0 Å². The van der Waals surface area contributed by atoms with Crippen LogP contribution in [0.2, 0.25) is 0 Å². The Balaban J connectivity index is 2.91. The van der Waals surface area contributed by atoms with E-state index >= 15 is 0 Å². The number of aromatic nitrogens is 2. The molecule has 1 rings (SSSR count). The number of rotatable bonds is 2. The summed E-state index contributed by atoms with van der Waals surface area (Å²) < 4.78 is 36.5. The third-order valence-electron chi connectivity index (χ3n) is 2.23. The molecule has 0 spiro atoms. The minimum absolute atomic E-state index is 0.111. The van der Waals surface area contributed by atoms with Gasteiger partial charge in [-0.3, -0.25) is 0 Å². The molecule has 2 N–H and O–H groups in total. The first-order valence-electron chi connectivity index (χ1n) is 4.48. The van der Waals surface area contributed by atoms with E-state index in [1.54, 1.807) is 13.8 Å². The van der Waals surface area contributed by atoms with Crippen LogP contribution in [0.25, 0.3) is 0 Å². The summed E-state index contributed by atoms with van der Waals surface area (Å²) in [5, 5.41) is 6.64. The predicted molar refractivity (Wildman–Crippen MR) is 49.1 cm³/mol. The molecule has 0 bridgehead atoms. The van der Waals surface area contributed by atoms with E-state index in [-0.39, 0.29) is 12.0 Å². The van der Waals surface area contributed by atoms with Gasteiger partial charge in [-0.15, -0.1) is 5.10 Å². The van der Waals surface area contributed by atoms with Crippen LogP contribution in [0.5, 0.6) is 0 Å². The van der Waals surface area contributed by atoms with Gasteiger partial charge in [-0.25, -0.2) is 0 Å². The van der Waals surface area contributed by atoms with Gasteiger partial charge in [0.1, 0.15) is 0 Å². The molecule has 0 aromatic carbocycles. The number of halogens is 3. The van der Waals surface area contributed by atoms with Crippen molar-refractivity contribution in [3.8, 4) is 0 Å². The molecule has 1 heterocycles. The monoisotopic (exact) mass is 219 g/mol. The molecule has 0 aliphatic carbocycles. The number of alkyl halides is 3. The molecule has 6 heteroatoms. The lowest BCUT2D eigenvalue weighted by atomic mass is 10.0. The molecule has 2 atom stereocenters. The Bertz CT molecular complexity index is 318. The third kappa shape index (κ3) is 2.89. The van der Waals surface area contributed by atoms with Crippen LogP contribution >= 0.6 is 0 Å². The molecule has 2 unspecified atom stereocenters. The predicted octanol–water partition coefficient (Wildman–Crippen LogP) is 1.95. The van der Waals surface area contributed by atoms with Gasteiger partial charge in [0.15, 0.2) is 5.69 Å². The molecule has 0 saturated carbocycles. The molecule has 0 aliphatic heterocycles. The molecule has 84 valence electrons. The molecular formula is C9H12F3N3. The summed E-state index contributed by atoms with van der Waals surface area (Å²) in [4.78, 5) is 0. The van der Waals surface area contributed by atoms with E-state index in [0.29, 0.717) is 5.69 Å². The molecule has 0 amide bonds. The molecule has 15 heavy (non-hydrogen) atoms. The Morgan fingerprint density at radius 1 is 1.20 bits per heavy atom. The summed E-state index contributed by atoms with van der Waals surface area (Å²) in [5.41, 5.74) is 5.09. The molecular weight excluding hydrogens is 207 g/mol. The largest absolute Gasteiger partial charge is 0.435 e. The summed E-state index contributed by atoms with van der Waals surface area (Å²) >= 11 is 0. The SMILES string of the molecule is CC(N)C(C)c1ccc(C(F)(F)F)nn1. The van der Waals surface area contributed by atoms with Crippen molar-refractivity contribution in [2.45, 2.75) is 32.0 Å². The lowest BCUT2D eigenvalue weighted by Gasteiger charge is -2.14. The van der Waals surface area contributed by atoms with Crippen LogP contribution in [-0.2, 0) is 6.18 Å². The zero-order valence-electron chi connectivity index (χ0n) is 8.42. The number of nitrogens with two attached hydrogens (primary N) is 1. The fraction of sp³-hybridized carbons (Fsp3) is 0.556. The average Bonchev–Trinajstić information content (AvgIpc) is 2.15. The Labute approximate surface area is 85.5 Å². The standard InChI is InChI=1S/C9H12F3N3/c1-5(6(2)13)7-3-4-8(15-14-7)9(10,11)12/h3-6H,13H2,1-2H3. The van der Waals surface area contributed by atoms with Gasteiger partial charge in [0.2, 0.25) is 0 Å². The van der Waals surface area contributed by atoms with Crippen LogP contribution in [0.4, 0.5) is 13.2 Å². The molecule has 1 aromatic heterocycles. The highest BCUT2D eigenvalue weighted by atomic mass is 19.4. The fourth-order valence-electron chi connectivity index (χ4n) is 1.01. The lowest BCUT2D eigenvalue weighted by molar-refractivity contribution is -0.141. The third-order valence-corrected chi connectivity index (χ3v) is 2.23. The summed E-state index contributed by atoms with van der Waals surface area (Å²) in [7, 11) is 0. The van der Waals surface area contributed by atoms with Gasteiger partial charge in [0, 0.05) is 12.0 Å². The van der Waals surface area contributed by atoms with E-state index in [2.05, 4.69) is 10.2 Å². The number of hydrogen-bond donors (Lipinski definition) is 1. The van der Waals surface area contributed by atoms with E-state index in [1.807, 2.05) is 0 Å². The van der Waals surface area contributed by atoms with E-state index in [1.165, 1.54) is 6.07 Å². The minimum Gasteiger partial charge on any atom is -0.327 e. The highest BCUT2D eigenvalue weighted by Gasteiger charge is 2.33. The van der Waals surface area contributed by atoms with Crippen molar-refractivity contribution in [2.75, 3.05) is 0 Å². The smallest absolute Gasteiger partial charge is 0.327 e. The fourth-order valence-corrected chi connectivity index (χ4v) is 1.01. The summed E-state index contributed by atoms with van der Waals surface area (Å²) in [6, 6.07) is 2.06. The van der Waals surface area contributed by atoms with Crippen molar-refractivity contribution >= 4 is 0 Å². The maximum Gasteiger partial charge on any atom is 0.435 e. The zero-order valence-corrected chi connectivity index (χ0v) is 8.42. The second-order valence-electron chi connectivity index (χ2n) is 3.49. The Hall–Kier alpha value is -1.17. The van der Waals surface area contributed by atoms with Crippen LogP contribution in [0.1, 0.15) is 31.2 Å². The molecule has 0 fully saturated rings. The first-order chi connectivity index (χ1) is 6.82. The molecule has 0 aliphatic rings. The van der Waals surface area contributed by atoms with Crippen molar-refractivity contribution in [3.05, 3.63) is 23.5 Å². The van der Waals surface area contributed by atoms with Crippen LogP contribution in [-0.4, -0.2) is 16.2 Å². The van der Waals surface area contributed by atoms with Gasteiger partial charge < -0.3 is 5.73 Å². The van der Waals surface area contributed by atoms with Gasteiger partial charge in [-0.05, 0) is 19.1 Å². The van der Waals surface area contributed by atoms with E-state index < -0.39 is 11.9 Å².